The van der Waals surface area contributed by atoms with Gasteiger partial charge in [0, 0.05) is 24.5 Å². The third-order valence-electron chi connectivity index (χ3n) is 5.28. The monoisotopic (exact) mass is 395 g/mol. The summed E-state index contributed by atoms with van der Waals surface area (Å²) in [4.78, 5) is 9.11. The van der Waals surface area contributed by atoms with Crippen LogP contribution in [0.2, 0.25) is 0 Å². The van der Waals surface area contributed by atoms with Gasteiger partial charge < -0.3 is 24.1 Å². The average molecular weight is 395 g/mol. The van der Waals surface area contributed by atoms with Crippen LogP contribution in [0.3, 0.4) is 0 Å². The van der Waals surface area contributed by atoms with Crippen molar-refractivity contribution in [3.63, 3.8) is 0 Å². The van der Waals surface area contributed by atoms with Crippen molar-refractivity contribution in [3.8, 4) is 11.9 Å². The van der Waals surface area contributed by atoms with E-state index in [1.54, 1.807) is 10.9 Å². The molecule has 2 aliphatic heterocycles. The van der Waals surface area contributed by atoms with Crippen molar-refractivity contribution in [2.75, 3.05) is 31.7 Å². The molecule has 150 valence electrons. The molecule has 0 aromatic carbocycles. The number of fused-ring (bicyclic) bond motifs is 1. The minimum Gasteiger partial charge on any atom is -0.467 e. The van der Waals surface area contributed by atoms with Crippen LogP contribution in [-0.4, -0.2) is 56.8 Å². The van der Waals surface area contributed by atoms with Crippen molar-refractivity contribution in [3.05, 3.63) is 24.2 Å². The normalized spacial score (nSPS) is 21.8. The molecule has 0 aliphatic carbocycles. The van der Waals surface area contributed by atoms with Crippen molar-refractivity contribution in [2.24, 2.45) is 13.0 Å². The molecule has 1 N–H and O–H groups in total. The van der Waals surface area contributed by atoms with E-state index in [-0.39, 0.29) is 12.1 Å². The van der Waals surface area contributed by atoms with E-state index in [1.807, 2.05) is 23.9 Å². The molecule has 3 aromatic heterocycles. The van der Waals surface area contributed by atoms with Crippen molar-refractivity contribution in [1.29, 1.82) is 5.26 Å². The molecule has 2 aliphatic rings. The van der Waals surface area contributed by atoms with E-state index in [9.17, 15) is 5.26 Å². The Morgan fingerprint density at radius 1 is 1.28 bits per heavy atom. The Kier molecular flexibility index (Phi) is 4.34. The van der Waals surface area contributed by atoms with Crippen LogP contribution in [0.1, 0.15) is 18.7 Å². The molecule has 29 heavy (non-hydrogen) atoms. The van der Waals surface area contributed by atoms with Crippen LogP contribution >= 0.6 is 0 Å². The van der Waals surface area contributed by atoms with Crippen LogP contribution in [0.4, 0.5) is 11.6 Å². The standard InChI is InChI=1S/C19H21N7O3/c1-11-7-27-10-16(11)26-13(4-20)3-12-5-21-19(23-17(12)26)22-15-6-25(2)24-18(15)29-14-8-28-9-14/h3,5-6,11,14,16H,7-10H2,1-2H3,(H,21,22,23)/t11-,16-/m1/s1. The highest BCUT2D eigenvalue weighted by atomic mass is 16.6. The van der Waals surface area contributed by atoms with E-state index < -0.39 is 0 Å². The number of aromatic nitrogens is 5. The summed E-state index contributed by atoms with van der Waals surface area (Å²) in [6, 6.07) is 4.16. The molecule has 0 spiro atoms. The quantitative estimate of drug-likeness (QED) is 0.696. The Morgan fingerprint density at radius 3 is 2.79 bits per heavy atom. The lowest BCUT2D eigenvalue weighted by Gasteiger charge is -2.25. The smallest absolute Gasteiger partial charge is 0.257 e. The van der Waals surface area contributed by atoms with E-state index in [0.29, 0.717) is 61.2 Å². The van der Waals surface area contributed by atoms with Crippen LogP contribution in [0, 0.1) is 17.2 Å². The number of hydrogen-bond acceptors (Lipinski definition) is 8. The first kappa shape index (κ1) is 17.9. The van der Waals surface area contributed by atoms with Gasteiger partial charge in [-0.2, -0.15) is 10.2 Å². The fraction of sp³-hybridized carbons (Fsp3) is 0.474. The third kappa shape index (κ3) is 3.18. The summed E-state index contributed by atoms with van der Waals surface area (Å²) in [6.45, 7) is 4.48. The fourth-order valence-corrected chi connectivity index (χ4v) is 3.67. The number of hydrogen-bond donors (Lipinski definition) is 1. The van der Waals surface area contributed by atoms with Crippen molar-refractivity contribution < 1.29 is 14.2 Å². The molecule has 0 amide bonds. The second-order valence-corrected chi connectivity index (χ2v) is 7.49. The van der Waals surface area contributed by atoms with Crippen LogP contribution in [0.25, 0.3) is 11.0 Å². The van der Waals surface area contributed by atoms with Gasteiger partial charge in [-0.05, 0) is 6.07 Å². The summed E-state index contributed by atoms with van der Waals surface area (Å²) < 4.78 is 20.3. The van der Waals surface area contributed by atoms with Gasteiger partial charge in [0.25, 0.3) is 5.88 Å². The van der Waals surface area contributed by atoms with Gasteiger partial charge in [-0.25, -0.2) is 4.98 Å². The molecule has 0 saturated carbocycles. The molecule has 2 atom stereocenters. The number of anilines is 2. The molecule has 2 fully saturated rings. The molecular formula is C19H21N7O3. The minimum atomic E-state index is 0.00752. The molecule has 10 nitrogen and oxygen atoms in total. The molecule has 0 bridgehead atoms. The van der Waals surface area contributed by atoms with Gasteiger partial charge in [0.05, 0.1) is 38.7 Å². The fourth-order valence-electron chi connectivity index (χ4n) is 3.67. The summed E-state index contributed by atoms with van der Waals surface area (Å²) >= 11 is 0. The van der Waals surface area contributed by atoms with Crippen LogP contribution in [0.15, 0.2) is 18.5 Å². The van der Waals surface area contributed by atoms with Gasteiger partial charge in [-0.3, -0.25) is 4.68 Å². The van der Waals surface area contributed by atoms with E-state index in [4.69, 9.17) is 19.2 Å². The van der Waals surface area contributed by atoms with Gasteiger partial charge in [-0.1, -0.05) is 6.92 Å². The maximum atomic E-state index is 9.61. The van der Waals surface area contributed by atoms with Gasteiger partial charge >= 0.3 is 0 Å². The Balaban J connectivity index is 1.50. The van der Waals surface area contributed by atoms with Crippen molar-refractivity contribution in [2.45, 2.75) is 19.1 Å². The van der Waals surface area contributed by atoms with Gasteiger partial charge in [0.1, 0.15) is 29.2 Å². The lowest BCUT2D eigenvalue weighted by Crippen LogP contribution is -2.38. The Hall–Kier alpha value is -3.16. The minimum absolute atomic E-state index is 0.00752. The topological polar surface area (TPSA) is 112 Å². The molecule has 2 saturated heterocycles. The first-order chi connectivity index (χ1) is 14.1. The van der Waals surface area contributed by atoms with E-state index in [0.717, 1.165) is 5.39 Å². The molecular weight excluding hydrogens is 374 g/mol. The SMILES string of the molecule is C[C@@H]1COC[C@H]1n1c(C#N)cc2cnc(Nc3cn(C)nc3OC3COC3)nc21. The number of nitriles is 1. The van der Waals surface area contributed by atoms with Crippen LogP contribution in [-0.2, 0) is 16.5 Å². The molecule has 0 radical (unpaired) electrons. The Labute approximate surface area is 167 Å². The molecule has 5 rings (SSSR count). The molecule has 10 heteroatoms. The second-order valence-electron chi connectivity index (χ2n) is 7.49. The van der Waals surface area contributed by atoms with Crippen LogP contribution in [0.5, 0.6) is 5.88 Å². The lowest BCUT2D eigenvalue weighted by molar-refractivity contribution is -0.0812. The zero-order chi connectivity index (χ0) is 20.0. The summed E-state index contributed by atoms with van der Waals surface area (Å²) in [5, 5.41) is 18.0. The maximum absolute atomic E-state index is 9.61. The van der Waals surface area contributed by atoms with Crippen molar-refractivity contribution in [1.82, 2.24) is 24.3 Å². The van der Waals surface area contributed by atoms with Crippen molar-refractivity contribution >= 4 is 22.7 Å². The largest absolute Gasteiger partial charge is 0.467 e. The predicted molar refractivity (Wildman–Crippen MR) is 103 cm³/mol. The van der Waals surface area contributed by atoms with Gasteiger partial charge in [0.15, 0.2) is 0 Å². The average Bonchev–Trinajstić information content (AvgIpc) is 3.34. The zero-order valence-corrected chi connectivity index (χ0v) is 16.2. The number of nitrogens with zero attached hydrogens (tertiary/aromatic N) is 6. The Morgan fingerprint density at radius 2 is 2.10 bits per heavy atom. The first-order valence-corrected chi connectivity index (χ1v) is 9.53. The molecule has 3 aromatic rings. The molecule has 5 heterocycles. The van der Waals surface area contributed by atoms with Crippen LogP contribution < -0.4 is 10.1 Å². The summed E-state index contributed by atoms with van der Waals surface area (Å²) in [7, 11) is 1.82. The third-order valence-corrected chi connectivity index (χ3v) is 5.28. The summed E-state index contributed by atoms with van der Waals surface area (Å²) in [5.41, 5.74) is 1.94. The second kappa shape index (κ2) is 7.02. The predicted octanol–water partition coefficient (Wildman–Crippen LogP) is 1.77. The van der Waals surface area contributed by atoms with Gasteiger partial charge in [0.2, 0.25) is 5.95 Å². The van der Waals surface area contributed by atoms with E-state index >= 15 is 0 Å². The van der Waals surface area contributed by atoms with E-state index in [2.05, 4.69) is 28.4 Å². The first-order valence-electron chi connectivity index (χ1n) is 9.53. The Bertz CT molecular complexity index is 1100. The molecule has 0 unspecified atom stereocenters. The number of nitrogens with one attached hydrogen (secondary N) is 1. The number of aryl methyl sites for hydroxylation is 1. The zero-order valence-electron chi connectivity index (χ0n) is 16.2. The number of rotatable bonds is 5. The van der Waals surface area contributed by atoms with Gasteiger partial charge in [-0.15, -0.1) is 5.10 Å². The highest BCUT2D eigenvalue weighted by Gasteiger charge is 2.30. The maximum Gasteiger partial charge on any atom is 0.257 e. The lowest BCUT2D eigenvalue weighted by atomic mass is 10.1. The highest BCUT2D eigenvalue weighted by Crippen LogP contribution is 2.32. The number of ether oxygens (including phenoxy) is 3. The summed E-state index contributed by atoms with van der Waals surface area (Å²) in [5.74, 6) is 1.19. The highest BCUT2D eigenvalue weighted by molar-refractivity contribution is 5.79. The summed E-state index contributed by atoms with van der Waals surface area (Å²) in [6.07, 6.45) is 3.54. The van der Waals surface area contributed by atoms with E-state index in [1.165, 1.54) is 0 Å².